The Bertz CT molecular complexity index is 594. The van der Waals surface area contributed by atoms with Crippen LogP contribution in [-0.4, -0.2) is 14.7 Å². The van der Waals surface area contributed by atoms with Crippen molar-refractivity contribution >= 4 is 25.8 Å². The highest BCUT2D eigenvalue weighted by molar-refractivity contribution is 9.10. The summed E-state index contributed by atoms with van der Waals surface area (Å²) < 4.78 is 58.5. The van der Waals surface area contributed by atoms with E-state index in [-0.39, 0.29) is 10.0 Å². The lowest BCUT2D eigenvalue weighted by Crippen LogP contribution is -2.05. The number of sulfone groups is 1. The van der Waals surface area contributed by atoms with E-state index in [1.54, 1.807) is 0 Å². The first-order chi connectivity index (χ1) is 7.59. The molecular formula is C10H6BrF3O2S. The van der Waals surface area contributed by atoms with Crippen LogP contribution in [0.2, 0.25) is 0 Å². The summed E-state index contributed by atoms with van der Waals surface area (Å²) in [6.07, 6.45) is -3.54. The topological polar surface area (TPSA) is 34.1 Å². The summed E-state index contributed by atoms with van der Waals surface area (Å²) in [5.41, 5.74) is -0.641. The van der Waals surface area contributed by atoms with Gasteiger partial charge < -0.3 is 0 Å². The molecule has 0 unspecified atom stereocenters. The normalized spacial score (nSPS) is 11.8. The van der Waals surface area contributed by atoms with Gasteiger partial charge in [-0.25, -0.2) is 8.42 Å². The summed E-state index contributed by atoms with van der Waals surface area (Å²) in [5, 5.41) is 1.94. The molecule has 0 heterocycles. The van der Waals surface area contributed by atoms with Gasteiger partial charge >= 0.3 is 6.18 Å². The fraction of sp³-hybridized carbons (Fsp3) is 0.200. The van der Waals surface area contributed by atoms with Gasteiger partial charge in [-0.15, -0.1) is 0 Å². The third kappa shape index (κ3) is 4.40. The standard InChI is InChI=1S/C10H6BrF3O2S/c1-17(15,16)5-4-7-2-3-8(9(11)6-7)10(12,13)14/h2-3,6H,1H3. The predicted octanol–water partition coefficient (Wildman–Crippen LogP) is 2.82. The summed E-state index contributed by atoms with van der Waals surface area (Å²) in [6, 6.07) is 3.09. The molecule has 0 atom stereocenters. The fourth-order valence-electron chi connectivity index (χ4n) is 0.974. The second-order valence-corrected chi connectivity index (χ2v) is 5.79. The third-order valence-electron chi connectivity index (χ3n) is 1.66. The van der Waals surface area contributed by atoms with Crippen LogP contribution >= 0.6 is 15.9 Å². The lowest BCUT2D eigenvalue weighted by Gasteiger charge is -2.08. The number of hydrogen-bond donors (Lipinski definition) is 0. The molecule has 1 aromatic carbocycles. The summed E-state index contributed by atoms with van der Waals surface area (Å²) in [5.74, 6) is 2.27. The van der Waals surface area contributed by atoms with Crippen molar-refractivity contribution in [1.82, 2.24) is 0 Å². The maximum absolute atomic E-state index is 12.4. The summed E-state index contributed by atoms with van der Waals surface area (Å²) >= 11 is 2.77. The van der Waals surface area contributed by atoms with Crippen molar-refractivity contribution in [3.05, 3.63) is 33.8 Å². The van der Waals surface area contributed by atoms with Crippen LogP contribution in [0.1, 0.15) is 11.1 Å². The molecule has 0 amide bonds. The Labute approximate surface area is 105 Å². The van der Waals surface area contributed by atoms with Gasteiger partial charge in [0.15, 0.2) is 0 Å². The minimum absolute atomic E-state index is 0.176. The second-order valence-electron chi connectivity index (χ2n) is 3.19. The molecule has 0 radical (unpaired) electrons. The van der Waals surface area contributed by atoms with Gasteiger partial charge in [0.05, 0.1) is 11.8 Å². The number of halogens is 4. The van der Waals surface area contributed by atoms with E-state index in [9.17, 15) is 21.6 Å². The fourth-order valence-corrected chi connectivity index (χ4v) is 1.88. The minimum Gasteiger partial charge on any atom is -0.216 e. The molecule has 7 heteroatoms. The van der Waals surface area contributed by atoms with Crippen LogP contribution in [0.15, 0.2) is 22.7 Å². The Kier molecular flexibility index (Phi) is 3.89. The monoisotopic (exact) mass is 326 g/mol. The van der Waals surface area contributed by atoms with E-state index in [1.807, 2.05) is 5.25 Å². The molecule has 0 N–H and O–H groups in total. The summed E-state index contributed by atoms with van der Waals surface area (Å²) in [4.78, 5) is 0. The van der Waals surface area contributed by atoms with Crippen LogP contribution < -0.4 is 0 Å². The first-order valence-corrected chi connectivity index (χ1v) is 6.87. The van der Waals surface area contributed by atoms with E-state index < -0.39 is 21.6 Å². The predicted molar refractivity (Wildman–Crippen MR) is 60.9 cm³/mol. The highest BCUT2D eigenvalue weighted by atomic mass is 79.9. The number of rotatable bonds is 0. The molecular weight excluding hydrogens is 321 g/mol. The van der Waals surface area contributed by atoms with Crippen LogP contribution in [0.25, 0.3) is 0 Å². The van der Waals surface area contributed by atoms with Gasteiger partial charge in [-0.3, -0.25) is 0 Å². The maximum atomic E-state index is 12.4. The van der Waals surface area contributed by atoms with Crippen molar-refractivity contribution < 1.29 is 21.6 Å². The van der Waals surface area contributed by atoms with E-state index >= 15 is 0 Å². The lowest BCUT2D eigenvalue weighted by atomic mass is 10.1. The maximum Gasteiger partial charge on any atom is 0.417 e. The summed E-state index contributed by atoms with van der Waals surface area (Å²) in [7, 11) is -3.47. The molecule has 0 saturated carbocycles. The molecule has 2 nitrogen and oxygen atoms in total. The van der Waals surface area contributed by atoms with Crippen molar-refractivity contribution in [3.63, 3.8) is 0 Å². The van der Waals surface area contributed by atoms with Crippen molar-refractivity contribution in [2.75, 3.05) is 6.26 Å². The summed E-state index contributed by atoms with van der Waals surface area (Å²) in [6.45, 7) is 0. The molecule has 0 fully saturated rings. The zero-order chi connectivity index (χ0) is 13.3. The third-order valence-corrected chi connectivity index (χ3v) is 2.78. The van der Waals surface area contributed by atoms with Crippen LogP contribution in [-0.2, 0) is 16.0 Å². The quantitative estimate of drug-likeness (QED) is 0.687. The van der Waals surface area contributed by atoms with Crippen molar-refractivity contribution in [1.29, 1.82) is 0 Å². The van der Waals surface area contributed by atoms with Crippen LogP contribution in [0.4, 0.5) is 13.2 Å². The zero-order valence-electron chi connectivity index (χ0n) is 8.47. The SMILES string of the molecule is CS(=O)(=O)C#Cc1ccc(C(F)(F)F)c(Br)c1. The first kappa shape index (κ1) is 14.1. The lowest BCUT2D eigenvalue weighted by molar-refractivity contribution is -0.138. The number of alkyl halides is 3. The molecule has 92 valence electrons. The van der Waals surface area contributed by atoms with E-state index in [4.69, 9.17) is 0 Å². The van der Waals surface area contributed by atoms with Crippen LogP contribution in [0.5, 0.6) is 0 Å². The average molecular weight is 327 g/mol. The van der Waals surface area contributed by atoms with Gasteiger partial charge in [0.25, 0.3) is 0 Å². The molecule has 0 saturated heterocycles. The van der Waals surface area contributed by atoms with Crippen molar-refractivity contribution in [3.8, 4) is 11.2 Å². The van der Waals surface area contributed by atoms with Gasteiger partial charge in [-0.05, 0) is 24.1 Å². The number of benzene rings is 1. The van der Waals surface area contributed by atoms with Gasteiger partial charge in [0, 0.05) is 15.3 Å². The van der Waals surface area contributed by atoms with Crippen LogP contribution in [0, 0.1) is 11.2 Å². The van der Waals surface area contributed by atoms with Gasteiger partial charge in [0.1, 0.15) is 0 Å². The van der Waals surface area contributed by atoms with E-state index in [2.05, 4.69) is 21.9 Å². The van der Waals surface area contributed by atoms with E-state index in [0.717, 1.165) is 24.5 Å². The first-order valence-electron chi connectivity index (χ1n) is 4.19. The zero-order valence-corrected chi connectivity index (χ0v) is 10.9. The molecule has 0 spiro atoms. The molecule has 0 aliphatic heterocycles. The smallest absolute Gasteiger partial charge is 0.216 e. The van der Waals surface area contributed by atoms with Crippen LogP contribution in [0.3, 0.4) is 0 Å². The van der Waals surface area contributed by atoms with Crippen molar-refractivity contribution in [2.24, 2.45) is 0 Å². The Morgan fingerprint density at radius 2 is 1.88 bits per heavy atom. The molecule has 1 rings (SSSR count). The Morgan fingerprint density at radius 3 is 2.29 bits per heavy atom. The molecule has 0 aliphatic rings. The average Bonchev–Trinajstić information content (AvgIpc) is 2.11. The Morgan fingerprint density at radius 1 is 1.29 bits per heavy atom. The highest BCUT2D eigenvalue weighted by Crippen LogP contribution is 2.34. The number of hydrogen-bond acceptors (Lipinski definition) is 2. The Balaban J connectivity index is 3.18. The van der Waals surface area contributed by atoms with Gasteiger partial charge in [0.2, 0.25) is 9.84 Å². The second kappa shape index (κ2) is 4.70. The van der Waals surface area contributed by atoms with E-state index in [0.29, 0.717) is 0 Å². The van der Waals surface area contributed by atoms with Crippen molar-refractivity contribution in [2.45, 2.75) is 6.18 Å². The van der Waals surface area contributed by atoms with Gasteiger partial charge in [-0.1, -0.05) is 15.9 Å². The Hall–Kier alpha value is -1.00. The molecule has 0 bridgehead atoms. The highest BCUT2D eigenvalue weighted by Gasteiger charge is 2.32. The molecule has 0 aliphatic carbocycles. The molecule has 17 heavy (non-hydrogen) atoms. The van der Waals surface area contributed by atoms with Gasteiger partial charge in [-0.2, -0.15) is 13.2 Å². The molecule has 1 aromatic rings. The minimum atomic E-state index is -4.46. The van der Waals surface area contributed by atoms with E-state index in [1.165, 1.54) is 0 Å². The largest absolute Gasteiger partial charge is 0.417 e. The molecule has 0 aromatic heterocycles.